The number of carboxylic acid groups (broad SMARTS) is 1. The summed E-state index contributed by atoms with van der Waals surface area (Å²) in [5, 5.41) is 9.59. The molecule has 2 aromatic rings. The van der Waals surface area contributed by atoms with Crippen molar-refractivity contribution in [1.82, 2.24) is 4.98 Å². The van der Waals surface area contributed by atoms with E-state index in [0.717, 1.165) is 9.35 Å². The lowest BCUT2D eigenvalue weighted by atomic mass is 10.4. The highest BCUT2D eigenvalue weighted by Gasteiger charge is 2.17. The highest BCUT2D eigenvalue weighted by molar-refractivity contribution is 9.10. The number of hydrogen-bond donors (Lipinski definition) is 1. The van der Waals surface area contributed by atoms with E-state index in [-0.39, 0.29) is 5.69 Å². The lowest BCUT2D eigenvalue weighted by Crippen LogP contribution is -1.98. The molecule has 0 aromatic carbocycles. The summed E-state index contributed by atoms with van der Waals surface area (Å²) < 4.78 is 1.44. The Labute approximate surface area is 113 Å². The number of aromatic nitrogens is 1. The van der Waals surface area contributed by atoms with Crippen molar-refractivity contribution >= 4 is 56.2 Å². The third kappa shape index (κ3) is 2.15. The summed E-state index contributed by atoms with van der Waals surface area (Å²) in [6.45, 7) is 1.74. The van der Waals surface area contributed by atoms with Gasteiger partial charge in [-0.1, -0.05) is 11.6 Å². The maximum Gasteiger partial charge on any atom is 0.355 e. The van der Waals surface area contributed by atoms with Crippen molar-refractivity contribution in [3.63, 3.8) is 0 Å². The number of hydrogen-bond acceptors (Lipinski definition) is 4. The van der Waals surface area contributed by atoms with Crippen LogP contribution in [0.15, 0.2) is 10.5 Å². The van der Waals surface area contributed by atoms with E-state index >= 15 is 0 Å². The van der Waals surface area contributed by atoms with Crippen LogP contribution >= 0.6 is 50.2 Å². The number of thiazole rings is 1. The minimum absolute atomic E-state index is 0.112. The van der Waals surface area contributed by atoms with Gasteiger partial charge in [-0.05, 0) is 28.9 Å². The molecule has 0 amide bonds. The predicted octanol–water partition coefficient (Wildman–Crippen LogP) is 4.29. The summed E-state index contributed by atoms with van der Waals surface area (Å²) >= 11 is 12.0. The van der Waals surface area contributed by atoms with Crippen molar-refractivity contribution in [2.75, 3.05) is 0 Å². The third-order valence-corrected chi connectivity index (χ3v) is 5.47. The van der Waals surface area contributed by atoms with E-state index in [9.17, 15) is 4.79 Å². The standard InChI is InChI=1S/C9H5BrClNO2S2/c1-3-6(9(13)14)12-8(15-3)5-2-4(10)7(11)16-5/h2H,1H3,(H,13,14). The Hall–Kier alpha value is -0.430. The topological polar surface area (TPSA) is 50.2 Å². The van der Waals surface area contributed by atoms with Gasteiger partial charge in [-0.2, -0.15) is 0 Å². The molecule has 0 saturated heterocycles. The average molecular weight is 339 g/mol. The van der Waals surface area contributed by atoms with Crippen LogP contribution in [-0.4, -0.2) is 16.1 Å². The number of carbonyl (C=O) groups is 1. The zero-order chi connectivity index (χ0) is 11.9. The van der Waals surface area contributed by atoms with Crippen LogP contribution in [0.1, 0.15) is 15.4 Å². The number of nitrogens with zero attached hydrogens (tertiary/aromatic N) is 1. The van der Waals surface area contributed by atoms with Gasteiger partial charge in [0.2, 0.25) is 0 Å². The molecule has 0 unspecified atom stereocenters. The number of aromatic carboxylic acids is 1. The fourth-order valence-corrected chi connectivity index (χ4v) is 3.80. The number of aryl methyl sites for hydroxylation is 1. The summed E-state index contributed by atoms with van der Waals surface area (Å²) in [4.78, 5) is 16.5. The quantitative estimate of drug-likeness (QED) is 0.888. The van der Waals surface area contributed by atoms with Crippen LogP contribution in [0.4, 0.5) is 0 Å². The number of carboxylic acids is 1. The van der Waals surface area contributed by atoms with Crippen molar-refractivity contribution in [1.29, 1.82) is 0 Å². The van der Waals surface area contributed by atoms with Crippen molar-refractivity contribution in [3.8, 4) is 9.88 Å². The lowest BCUT2D eigenvalue weighted by Gasteiger charge is -1.86. The summed E-state index contributed by atoms with van der Waals surface area (Å²) in [5.41, 5.74) is 0.112. The molecule has 3 nitrogen and oxygen atoms in total. The molecule has 16 heavy (non-hydrogen) atoms. The normalized spacial score (nSPS) is 10.7. The average Bonchev–Trinajstić information content (AvgIpc) is 2.71. The van der Waals surface area contributed by atoms with Gasteiger partial charge in [0.15, 0.2) is 5.69 Å². The second kappa shape index (κ2) is 4.44. The summed E-state index contributed by atoms with van der Waals surface area (Å²) in [5.74, 6) is -0.998. The number of thiophene rings is 1. The molecule has 7 heteroatoms. The van der Waals surface area contributed by atoms with Gasteiger partial charge in [0.1, 0.15) is 9.34 Å². The van der Waals surface area contributed by atoms with Crippen molar-refractivity contribution < 1.29 is 9.90 Å². The maximum absolute atomic E-state index is 10.9. The second-order valence-corrected chi connectivity index (χ2v) is 6.67. The first-order chi connectivity index (χ1) is 7.49. The molecule has 0 saturated carbocycles. The van der Waals surface area contributed by atoms with Gasteiger partial charge in [0.25, 0.3) is 0 Å². The molecule has 0 aliphatic rings. The highest BCUT2D eigenvalue weighted by atomic mass is 79.9. The van der Waals surface area contributed by atoms with Gasteiger partial charge >= 0.3 is 5.97 Å². The molecule has 0 bridgehead atoms. The molecular formula is C9H5BrClNO2S2. The Morgan fingerprint density at radius 3 is 2.69 bits per heavy atom. The molecular weight excluding hydrogens is 334 g/mol. The fraction of sp³-hybridized carbons (Fsp3) is 0.111. The highest BCUT2D eigenvalue weighted by Crippen LogP contribution is 2.39. The first kappa shape index (κ1) is 12.0. The summed E-state index contributed by atoms with van der Waals surface area (Å²) in [7, 11) is 0. The van der Waals surface area contributed by atoms with E-state index < -0.39 is 5.97 Å². The minimum atomic E-state index is -0.998. The number of halogens is 2. The van der Waals surface area contributed by atoms with Crippen LogP contribution in [0.2, 0.25) is 4.34 Å². The van der Waals surface area contributed by atoms with Crippen molar-refractivity contribution in [2.24, 2.45) is 0 Å². The molecule has 84 valence electrons. The zero-order valence-electron chi connectivity index (χ0n) is 7.95. The lowest BCUT2D eigenvalue weighted by molar-refractivity contribution is 0.0690. The summed E-state index contributed by atoms with van der Waals surface area (Å²) in [6, 6.07) is 1.84. The van der Waals surface area contributed by atoms with Gasteiger partial charge in [0.05, 0.1) is 4.88 Å². The first-order valence-corrected chi connectivity index (χ1v) is 6.95. The fourth-order valence-electron chi connectivity index (χ4n) is 1.15. The second-order valence-electron chi connectivity index (χ2n) is 2.96. The zero-order valence-corrected chi connectivity index (χ0v) is 11.9. The molecule has 0 atom stereocenters. The van der Waals surface area contributed by atoms with E-state index in [1.54, 1.807) is 6.92 Å². The molecule has 0 spiro atoms. The van der Waals surface area contributed by atoms with Crippen LogP contribution in [0, 0.1) is 6.92 Å². The molecule has 0 aliphatic heterocycles. The minimum Gasteiger partial charge on any atom is -0.476 e. The van der Waals surface area contributed by atoms with Gasteiger partial charge in [-0.3, -0.25) is 0 Å². The third-order valence-electron chi connectivity index (χ3n) is 1.86. The van der Waals surface area contributed by atoms with Gasteiger partial charge in [-0.25, -0.2) is 9.78 Å². The predicted molar refractivity (Wildman–Crippen MR) is 69.8 cm³/mol. The van der Waals surface area contributed by atoms with E-state index in [1.165, 1.54) is 22.7 Å². The van der Waals surface area contributed by atoms with Crippen LogP contribution < -0.4 is 0 Å². The molecule has 2 aromatic heterocycles. The Balaban J connectivity index is 2.49. The number of rotatable bonds is 2. The largest absolute Gasteiger partial charge is 0.476 e. The van der Waals surface area contributed by atoms with Crippen LogP contribution in [-0.2, 0) is 0 Å². The molecule has 0 radical (unpaired) electrons. The van der Waals surface area contributed by atoms with Crippen LogP contribution in [0.3, 0.4) is 0 Å². The molecule has 2 heterocycles. The Morgan fingerprint density at radius 1 is 1.56 bits per heavy atom. The smallest absolute Gasteiger partial charge is 0.355 e. The molecule has 1 N–H and O–H groups in total. The van der Waals surface area contributed by atoms with E-state index in [0.29, 0.717) is 14.2 Å². The Kier molecular flexibility index (Phi) is 3.34. The SMILES string of the molecule is Cc1sc(-c2cc(Br)c(Cl)s2)nc1C(=O)O. The van der Waals surface area contributed by atoms with E-state index in [1.807, 2.05) is 6.07 Å². The van der Waals surface area contributed by atoms with E-state index in [4.69, 9.17) is 16.7 Å². The van der Waals surface area contributed by atoms with Gasteiger partial charge in [0, 0.05) is 9.35 Å². The molecule has 0 fully saturated rings. The van der Waals surface area contributed by atoms with Gasteiger partial charge < -0.3 is 5.11 Å². The van der Waals surface area contributed by atoms with Crippen molar-refractivity contribution in [2.45, 2.75) is 6.92 Å². The van der Waals surface area contributed by atoms with Crippen LogP contribution in [0.25, 0.3) is 9.88 Å². The van der Waals surface area contributed by atoms with E-state index in [2.05, 4.69) is 20.9 Å². The molecule has 0 aliphatic carbocycles. The maximum atomic E-state index is 10.9. The van der Waals surface area contributed by atoms with Crippen LogP contribution in [0.5, 0.6) is 0 Å². The first-order valence-electron chi connectivity index (χ1n) is 4.15. The monoisotopic (exact) mass is 337 g/mol. The van der Waals surface area contributed by atoms with Gasteiger partial charge in [-0.15, -0.1) is 22.7 Å². The van der Waals surface area contributed by atoms with Crippen molar-refractivity contribution in [3.05, 3.63) is 25.4 Å². The molecule has 2 rings (SSSR count). The Bertz CT molecular complexity index is 544. The Morgan fingerprint density at radius 2 is 2.25 bits per heavy atom. The summed E-state index contributed by atoms with van der Waals surface area (Å²) in [6.07, 6.45) is 0.